The number of piperidine rings is 1. The summed E-state index contributed by atoms with van der Waals surface area (Å²) in [6.45, 7) is 3.49. The Balaban J connectivity index is 1.75. The van der Waals surface area contributed by atoms with Gasteiger partial charge in [0, 0.05) is 30.2 Å². The second-order valence-electron chi connectivity index (χ2n) is 5.60. The van der Waals surface area contributed by atoms with E-state index in [0.717, 1.165) is 25.9 Å². The molecular formula is C13H21N3O2S2. The Morgan fingerprint density at radius 2 is 1.95 bits per heavy atom. The fourth-order valence-corrected chi connectivity index (χ4v) is 5.89. The maximum atomic E-state index is 12.6. The van der Waals surface area contributed by atoms with E-state index < -0.39 is 10.0 Å². The van der Waals surface area contributed by atoms with Gasteiger partial charge in [-0.2, -0.15) is 4.31 Å². The second kappa shape index (κ2) is 5.63. The van der Waals surface area contributed by atoms with Gasteiger partial charge >= 0.3 is 0 Å². The van der Waals surface area contributed by atoms with Crippen LogP contribution in [0.2, 0.25) is 0 Å². The first-order valence-electron chi connectivity index (χ1n) is 7.15. The largest absolute Gasteiger partial charge is 0.398 e. The number of nitrogens with two attached hydrogens (primary N) is 1. The van der Waals surface area contributed by atoms with Gasteiger partial charge in [-0.1, -0.05) is 0 Å². The van der Waals surface area contributed by atoms with Gasteiger partial charge in [0.25, 0.3) is 10.0 Å². The number of anilines is 1. The lowest BCUT2D eigenvalue weighted by Crippen LogP contribution is -2.48. The summed E-state index contributed by atoms with van der Waals surface area (Å²) in [4.78, 5) is 2.45. The van der Waals surface area contributed by atoms with Crippen LogP contribution < -0.4 is 5.73 Å². The average molecular weight is 315 g/mol. The quantitative estimate of drug-likeness (QED) is 0.919. The van der Waals surface area contributed by atoms with Crippen LogP contribution in [0, 0.1) is 0 Å². The Labute approximate surface area is 124 Å². The first-order valence-corrected chi connectivity index (χ1v) is 9.47. The molecule has 2 saturated heterocycles. The molecule has 2 N–H and O–H groups in total. The SMILES string of the molecule is Nc1csc(S(=O)(=O)N2CCCC(N3CCCC3)C2)c1. The maximum absolute atomic E-state index is 12.6. The van der Waals surface area contributed by atoms with Crippen molar-refractivity contribution < 1.29 is 8.42 Å². The average Bonchev–Trinajstić information content (AvgIpc) is 3.10. The topological polar surface area (TPSA) is 66.6 Å². The highest BCUT2D eigenvalue weighted by atomic mass is 32.2. The van der Waals surface area contributed by atoms with E-state index >= 15 is 0 Å². The Bertz CT molecular complexity index is 564. The molecule has 0 bridgehead atoms. The van der Waals surface area contributed by atoms with Crippen LogP contribution in [0.3, 0.4) is 0 Å². The summed E-state index contributed by atoms with van der Waals surface area (Å²) in [5.41, 5.74) is 6.18. The fourth-order valence-electron chi connectivity index (χ4n) is 3.14. The molecule has 5 nitrogen and oxygen atoms in total. The van der Waals surface area contributed by atoms with Gasteiger partial charge in [-0.15, -0.1) is 11.3 Å². The van der Waals surface area contributed by atoms with Crippen LogP contribution in [-0.2, 0) is 10.0 Å². The number of nitrogen functional groups attached to an aromatic ring is 1. The molecule has 0 aliphatic carbocycles. The second-order valence-corrected chi connectivity index (χ2v) is 8.68. The van der Waals surface area contributed by atoms with E-state index in [4.69, 9.17) is 5.73 Å². The fraction of sp³-hybridized carbons (Fsp3) is 0.692. The van der Waals surface area contributed by atoms with Crippen LogP contribution in [0.1, 0.15) is 25.7 Å². The molecule has 0 amide bonds. The predicted molar refractivity (Wildman–Crippen MR) is 81.3 cm³/mol. The Kier molecular flexibility index (Phi) is 4.03. The Hall–Kier alpha value is -0.630. The summed E-state index contributed by atoms with van der Waals surface area (Å²) in [6, 6.07) is 1.96. The molecule has 112 valence electrons. The van der Waals surface area contributed by atoms with Crippen molar-refractivity contribution in [2.75, 3.05) is 31.9 Å². The molecule has 20 heavy (non-hydrogen) atoms. The number of rotatable bonds is 3. The lowest BCUT2D eigenvalue weighted by molar-refractivity contribution is 0.162. The highest BCUT2D eigenvalue weighted by Crippen LogP contribution is 2.29. The van der Waals surface area contributed by atoms with Gasteiger partial charge < -0.3 is 5.73 Å². The molecule has 0 radical (unpaired) electrons. The van der Waals surface area contributed by atoms with E-state index in [-0.39, 0.29) is 0 Å². The van der Waals surface area contributed by atoms with Crippen molar-refractivity contribution in [3.05, 3.63) is 11.4 Å². The summed E-state index contributed by atoms with van der Waals surface area (Å²) in [5, 5.41) is 1.69. The number of nitrogens with zero attached hydrogens (tertiary/aromatic N) is 2. The summed E-state index contributed by atoms with van der Waals surface area (Å²) in [7, 11) is -3.36. The first-order chi connectivity index (χ1) is 9.57. The highest BCUT2D eigenvalue weighted by molar-refractivity contribution is 7.91. The van der Waals surface area contributed by atoms with Crippen molar-refractivity contribution >= 4 is 27.0 Å². The minimum atomic E-state index is -3.36. The summed E-state index contributed by atoms with van der Waals surface area (Å²) in [6.07, 6.45) is 4.54. The van der Waals surface area contributed by atoms with Crippen molar-refractivity contribution in [1.29, 1.82) is 0 Å². The van der Waals surface area contributed by atoms with Crippen LogP contribution in [0.15, 0.2) is 15.7 Å². The van der Waals surface area contributed by atoms with E-state index in [0.29, 0.717) is 29.0 Å². The normalized spacial score (nSPS) is 26.1. The van der Waals surface area contributed by atoms with Gasteiger partial charge in [-0.25, -0.2) is 8.42 Å². The van der Waals surface area contributed by atoms with Crippen LogP contribution in [0.4, 0.5) is 5.69 Å². The smallest absolute Gasteiger partial charge is 0.252 e. The summed E-state index contributed by atoms with van der Waals surface area (Å²) in [5.74, 6) is 0. The van der Waals surface area contributed by atoms with Gasteiger partial charge in [-0.05, 0) is 44.8 Å². The maximum Gasteiger partial charge on any atom is 0.252 e. The number of sulfonamides is 1. The molecular weight excluding hydrogens is 294 g/mol. The number of likely N-dealkylation sites (tertiary alicyclic amines) is 1. The van der Waals surface area contributed by atoms with E-state index in [1.54, 1.807) is 15.8 Å². The Morgan fingerprint density at radius 1 is 1.20 bits per heavy atom. The third-order valence-electron chi connectivity index (χ3n) is 4.21. The van der Waals surface area contributed by atoms with E-state index in [9.17, 15) is 8.42 Å². The van der Waals surface area contributed by atoms with E-state index in [1.807, 2.05) is 0 Å². The number of hydrogen-bond donors (Lipinski definition) is 1. The molecule has 2 fully saturated rings. The van der Waals surface area contributed by atoms with E-state index in [1.165, 1.54) is 24.2 Å². The molecule has 0 spiro atoms. The van der Waals surface area contributed by atoms with Crippen molar-refractivity contribution in [2.45, 2.75) is 35.9 Å². The zero-order chi connectivity index (χ0) is 14.2. The molecule has 1 aromatic rings. The molecule has 1 unspecified atom stereocenters. The lowest BCUT2D eigenvalue weighted by atomic mass is 10.1. The molecule has 0 aromatic carbocycles. The number of thiophene rings is 1. The molecule has 7 heteroatoms. The van der Waals surface area contributed by atoms with Crippen LogP contribution in [-0.4, -0.2) is 49.8 Å². The first kappa shape index (κ1) is 14.3. The lowest BCUT2D eigenvalue weighted by Gasteiger charge is -2.36. The van der Waals surface area contributed by atoms with Gasteiger partial charge in [0.1, 0.15) is 4.21 Å². The van der Waals surface area contributed by atoms with Crippen molar-refractivity contribution in [3.63, 3.8) is 0 Å². The molecule has 2 aliphatic heterocycles. The Morgan fingerprint density at radius 3 is 2.60 bits per heavy atom. The minimum absolute atomic E-state index is 0.372. The standard InChI is InChI=1S/C13H21N3O2S2/c14-11-8-13(19-10-11)20(17,18)16-7-3-4-12(9-16)15-5-1-2-6-15/h8,10,12H,1-7,9,14H2. The zero-order valence-electron chi connectivity index (χ0n) is 11.5. The van der Waals surface area contributed by atoms with Gasteiger partial charge in [0.15, 0.2) is 0 Å². The predicted octanol–water partition coefficient (Wildman–Crippen LogP) is 1.58. The van der Waals surface area contributed by atoms with Gasteiger partial charge in [0.2, 0.25) is 0 Å². The van der Waals surface area contributed by atoms with Crippen molar-refractivity contribution in [2.24, 2.45) is 0 Å². The molecule has 1 aromatic heterocycles. The molecule has 3 heterocycles. The molecule has 0 saturated carbocycles. The highest BCUT2D eigenvalue weighted by Gasteiger charge is 2.34. The van der Waals surface area contributed by atoms with Gasteiger partial charge in [0.05, 0.1) is 0 Å². The summed E-state index contributed by atoms with van der Waals surface area (Å²) >= 11 is 1.22. The molecule has 2 aliphatic rings. The van der Waals surface area contributed by atoms with E-state index in [2.05, 4.69) is 4.90 Å². The molecule has 1 atom stereocenters. The monoisotopic (exact) mass is 315 g/mol. The zero-order valence-corrected chi connectivity index (χ0v) is 13.1. The molecule has 3 rings (SSSR count). The van der Waals surface area contributed by atoms with Crippen molar-refractivity contribution in [3.8, 4) is 0 Å². The number of hydrogen-bond acceptors (Lipinski definition) is 5. The summed E-state index contributed by atoms with van der Waals surface area (Å²) < 4.78 is 27.3. The third-order valence-corrected chi connectivity index (χ3v) is 7.50. The van der Waals surface area contributed by atoms with Crippen LogP contribution in [0.25, 0.3) is 0 Å². The third kappa shape index (κ3) is 2.72. The van der Waals surface area contributed by atoms with Gasteiger partial charge in [-0.3, -0.25) is 4.90 Å². The van der Waals surface area contributed by atoms with Crippen LogP contribution in [0.5, 0.6) is 0 Å². The minimum Gasteiger partial charge on any atom is -0.398 e. The van der Waals surface area contributed by atoms with Crippen molar-refractivity contribution in [1.82, 2.24) is 9.21 Å². The van der Waals surface area contributed by atoms with Crippen LogP contribution >= 0.6 is 11.3 Å².